The maximum Gasteiger partial charge on any atom is 0.243 e. The predicted octanol–water partition coefficient (Wildman–Crippen LogP) is 3.50. The van der Waals surface area contributed by atoms with Gasteiger partial charge in [0.15, 0.2) is 0 Å². The van der Waals surface area contributed by atoms with E-state index >= 15 is 0 Å². The zero-order chi connectivity index (χ0) is 21.0. The number of aryl methyl sites for hydroxylation is 1. The predicted molar refractivity (Wildman–Crippen MR) is 117 cm³/mol. The lowest BCUT2D eigenvalue weighted by Gasteiger charge is -2.36. The van der Waals surface area contributed by atoms with Gasteiger partial charge in [-0.3, -0.25) is 4.79 Å². The monoisotopic (exact) mass is 415 g/mol. The minimum Gasteiger partial charge on any atom is -0.359 e. The summed E-state index contributed by atoms with van der Waals surface area (Å²) in [6.07, 6.45) is 2.02. The molecular formula is C22H29N3O3S. The molecule has 1 aliphatic heterocycles. The van der Waals surface area contributed by atoms with Crippen LogP contribution in [-0.4, -0.2) is 44.3 Å². The van der Waals surface area contributed by atoms with Gasteiger partial charge in [0.1, 0.15) is 0 Å². The van der Waals surface area contributed by atoms with E-state index in [2.05, 4.69) is 29.3 Å². The van der Waals surface area contributed by atoms with Gasteiger partial charge >= 0.3 is 0 Å². The van der Waals surface area contributed by atoms with Crippen molar-refractivity contribution < 1.29 is 13.2 Å². The molecule has 0 saturated heterocycles. The Morgan fingerprint density at radius 3 is 2.59 bits per heavy atom. The van der Waals surface area contributed by atoms with Gasteiger partial charge in [0, 0.05) is 30.5 Å². The van der Waals surface area contributed by atoms with Crippen molar-refractivity contribution in [3.8, 4) is 0 Å². The number of sulfonamides is 1. The number of fused-ring (bicyclic) bond motifs is 1. The summed E-state index contributed by atoms with van der Waals surface area (Å²) < 4.78 is 26.9. The van der Waals surface area contributed by atoms with Gasteiger partial charge in [-0.05, 0) is 49.6 Å². The normalized spacial score (nSPS) is 16.6. The number of hydrogen-bond acceptors (Lipinski definition) is 4. The fourth-order valence-corrected chi connectivity index (χ4v) is 5.31. The summed E-state index contributed by atoms with van der Waals surface area (Å²) in [6.45, 7) is 6.78. The molecule has 3 rings (SSSR count). The van der Waals surface area contributed by atoms with Crippen molar-refractivity contribution in [1.82, 2.24) is 4.31 Å². The molecule has 1 aliphatic rings. The molecule has 1 amide bonds. The Morgan fingerprint density at radius 2 is 1.86 bits per heavy atom. The molecule has 0 fully saturated rings. The quantitative estimate of drug-likeness (QED) is 0.751. The van der Waals surface area contributed by atoms with Crippen LogP contribution in [0.15, 0.2) is 53.4 Å². The smallest absolute Gasteiger partial charge is 0.243 e. The SMILES string of the molecule is CCN(CC)S(=O)(=O)c1cccc(NC(=O)CN2c3ccccc3CC[C@H]2C)c1. The summed E-state index contributed by atoms with van der Waals surface area (Å²) in [5, 5.41) is 2.86. The second-order valence-corrected chi connectivity index (χ2v) is 9.25. The van der Waals surface area contributed by atoms with Crippen LogP contribution >= 0.6 is 0 Å². The van der Waals surface area contributed by atoms with E-state index in [1.807, 2.05) is 26.0 Å². The van der Waals surface area contributed by atoms with Crippen molar-refractivity contribution in [3.05, 3.63) is 54.1 Å². The van der Waals surface area contributed by atoms with Gasteiger partial charge in [0.25, 0.3) is 0 Å². The molecule has 7 heteroatoms. The second-order valence-electron chi connectivity index (χ2n) is 7.31. The summed E-state index contributed by atoms with van der Waals surface area (Å²) in [7, 11) is -3.56. The van der Waals surface area contributed by atoms with Crippen LogP contribution in [0.1, 0.15) is 32.8 Å². The molecule has 0 unspecified atom stereocenters. The molecule has 0 saturated carbocycles. The molecule has 1 heterocycles. The summed E-state index contributed by atoms with van der Waals surface area (Å²) in [5.41, 5.74) is 2.84. The third-order valence-corrected chi connectivity index (χ3v) is 7.49. The molecular weight excluding hydrogens is 386 g/mol. The third kappa shape index (κ3) is 4.62. The Bertz CT molecular complexity index is 971. The van der Waals surface area contributed by atoms with E-state index in [1.165, 1.54) is 15.9 Å². The lowest BCUT2D eigenvalue weighted by Crippen LogP contribution is -2.42. The number of rotatable bonds is 7. The highest BCUT2D eigenvalue weighted by atomic mass is 32.2. The zero-order valence-electron chi connectivity index (χ0n) is 17.3. The molecule has 0 radical (unpaired) electrons. The molecule has 2 aromatic carbocycles. The van der Waals surface area contributed by atoms with E-state index in [0.29, 0.717) is 18.8 Å². The lowest BCUT2D eigenvalue weighted by atomic mass is 9.96. The zero-order valence-corrected chi connectivity index (χ0v) is 18.1. The van der Waals surface area contributed by atoms with Crippen molar-refractivity contribution in [3.63, 3.8) is 0 Å². The van der Waals surface area contributed by atoms with Gasteiger partial charge in [0.2, 0.25) is 15.9 Å². The van der Waals surface area contributed by atoms with Crippen LogP contribution in [0.25, 0.3) is 0 Å². The van der Waals surface area contributed by atoms with Gasteiger partial charge in [-0.25, -0.2) is 8.42 Å². The summed E-state index contributed by atoms with van der Waals surface area (Å²) >= 11 is 0. The van der Waals surface area contributed by atoms with Gasteiger partial charge in [-0.1, -0.05) is 38.1 Å². The first-order chi connectivity index (χ1) is 13.9. The second kappa shape index (κ2) is 8.97. The fourth-order valence-electron chi connectivity index (χ4n) is 3.80. The molecule has 0 bridgehead atoms. The number of nitrogens with one attached hydrogen (secondary N) is 1. The van der Waals surface area contributed by atoms with Gasteiger partial charge in [-0.15, -0.1) is 0 Å². The van der Waals surface area contributed by atoms with Crippen LogP contribution in [0.5, 0.6) is 0 Å². The highest BCUT2D eigenvalue weighted by Gasteiger charge is 2.25. The highest BCUT2D eigenvalue weighted by molar-refractivity contribution is 7.89. The first kappa shape index (κ1) is 21.3. The summed E-state index contributed by atoms with van der Waals surface area (Å²) in [5.74, 6) is -0.161. The van der Waals surface area contributed by atoms with Crippen molar-refractivity contribution in [2.24, 2.45) is 0 Å². The summed E-state index contributed by atoms with van der Waals surface area (Å²) in [4.78, 5) is 15.0. The maximum absolute atomic E-state index is 12.7. The Balaban J connectivity index is 1.75. The average molecular weight is 416 g/mol. The van der Waals surface area contributed by atoms with E-state index in [9.17, 15) is 13.2 Å². The van der Waals surface area contributed by atoms with E-state index < -0.39 is 10.0 Å². The maximum atomic E-state index is 12.7. The van der Waals surface area contributed by atoms with Crippen LogP contribution < -0.4 is 10.2 Å². The van der Waals surface area contributed by atoms with Gasteiger partial charge in [-0.2, -0.15) is 4.31 Å². The number of anilines is 2. The average Bonchev–Trinajstić information content (AvgIpc) is 2.71. The fraction of sp³-hybridized carbons (Fsp3) is 0.409. The van der Waals surface area contributed by atoms with Crippen molar-refractivity contribution in [1.29, 1.82) is 0 Å². The Morgan fingerprint density at radius 1 is 1.14 bits per heavy atom. The molecule has 2 aromatic rings. The van der Waals surface area contributed by atoms with E-state index in [1.54, 1.807) is 18.2 Å². The van der Waals surface area contributed by atoms with Crippen molar-refractivity contribution in [2.45, 2.75) is 44.6 Å². The molecule has 0 aromatic heterocycles. The molecule has 0 spiro atoms. The minimum atomic E-state index is -3.56. The van der Waals surface area contributed by atoms with Gasteiger partial charge < -0.3 is 10.2 Å². The minimum absolute atomic E-state index is 0.161. The highest BCUT2D eigenvalue weighted by Crippen LogP contribution is 2.30. The first-order valence-electron chi connectivity index (χ1n) is 10.1. The number of benzene rings is 2. The third-order valence-electron chi connectivity index (χ3n) is 5.44. The number of carbonyl (C=O) groups is 1. The number of hydrogen-bond donors (Lipinski definition) is 1. The molecule has 1 N–H and O–H groups in total. The van der Waals surface area contributed by atoms with Crippen LogP contribution in [0.3, 0.4) is 0 Å². The number of para-hydroxylation sites is 1. The van der Waals surface area contributed by atoms with Gasteiger partial charge in [0.05, 0.1) is 11.4 Å². The number of nitrogens with zero attached hydrogens (tertiary/aromatic N) is 2. The standard InChI is InChI=1S/C22H29N3O3S/c1-4-24(5-2)29(27,28)20-11-8-10-19(15-20)23-22(26)16-25-17(3)13-14-18-9-6-7-12-21(18)25/h6-12,15,17H,4-5,13-14,16H2,1-3H3,(H,23,26)/t17-/m1/s1. The topological polar surface area (TPSA) is 69.7 Å². The van der Waals surface area contributed by atoms with Crippen LogP contribution in [-0.2, 0) is 21.2 Å². The first-order valence-corrected chi connectivity index (χ1v) is 11.6. The largest absolute Gasteiger partial charge is 0.359 e. The molecule has 29 heavy (non-hydrogen) atoms. The molecule has 1 atom stereocenters. The Kier molecular flexibility index (Phi) is 6.59. The van der Waals surface area contributed by atoms with Crippen LogP contribution in [0, 0.1) is 0 Å². The Hall–Kier alpha value is -2.38. The van der Waals surface area contributed by atoms with Crippen molar-refractivity contribution in [2.75, 3.05) is 29.9 Å². The van der Waals surface area contributed by atoms with E-state index in [0.717, 1.165) is 18.5 Å². The van der Waals surface area contributed by atoms with Crippen LogP contribution in [0.2, 0.25) is 0 Å². The van der Waals surface area contributed by atoms with E-state index in [-0.39, 0.29) is 23.4 Å². The van der Waals surface area contributed by atoms with E-state index in [4.69, 9.17) is 0 Å². The molecule has 156 valence electrons. The molecule has 0 aliphatic carbocycles. The number of carbonyl (C=O) groups excluding carboxylic acids is 1. The summed E-state index contributed by atoms with van der Waals surface area (Å²) in [6, 6.07) is 14.9. The van der Waals surface area contributed by atoms with Crippen molar-refractivity contribution >= 4 is 27.3 Å². The molecule has 6 nitrogen and oxygen atoms in total. The number of amides is 1. The van der Waals surface area contributed by atoms with Crippen LogP contribution in [0.4, 0.5) is 11.4 Å². The lowest BCUT2D eigenvalue weighted by molar-refractivity contribution is -0.115. The Labute approximate surface area is 173 Å².